The Kier molecular flexibility index (Phi) is 9.61. The molecule has 0 spiro atoms. The van der Waals surface area contributed by atoms with Gasteiger partial charge in [0.1, 0.15) is 34.8 Å². The van der Waals surface area contributed by atoms with Crippen molar-refractivity contribution in [1.29, 1.82) is 0 Å². The van der Waals surface area contributed by atoms with E-state index in [1.165, 1.54) is 43.9 Å². The molecule has 4 aliphatic heterocycles. The molecular weight excluding hydrogens is 752 g/mol. The average molecular weight is 801 g/mol. The molecule has 0 N–H and O–H groups in total. The molecule has 17 heteroatoms. The minimum atomic E-state index is -2.83. The number of anilines is 2. The maximum atomic E-state index is 14.1. The molecule has 2 aromatic rings. The summed E-state index contributed by atoms with van der Waals surface area (Å²) in [7, 11) is 0. The van der Waals surface area contributed by atoms with Crippen LogP contribution in [0, 0.1) is 22.7 Å². The molecule has 6 heterocycles. The number of carbonyl (C=O) groups is 4. The molecule has 13 nitrogen and oxygen atoms in total. The summed E-state index contributed by atoms with van der Waals surface area (Å²) in [6.07, 6.45) is 4.29. The molecule has 308 valence electrons. The molecule has 0 radical (unpaired) electrons. The normalized spacial score (nSPS) is 25.4. The Morgan fingerprint density at radius 1 is 0.614 bits per heavy atom. The number of alkyl halides is 4. The largest absolute Gasteiger partial charge is 0.476 e. The van der Waals surface area contributed by atoms with E-state index in [2.05, 4.69) is 9.97 Å². The molecule has 2 aliphatic carbocycles. The number of hydrogen-bond donors (Lipinski definition) is 0. The minimum Gasteiger partial charge on any atom is -0.476 e. The number of nitrogens with zero attached hydrogens (tertiary/aromatic N) is 6. The van der Waals surface area contributed by atoms with Gasteiger partial charge in [0, 0.05) is 13.1 Å². The monoisotopic (exact) mass is 800 g/mol. The number of aromatic nitrogens is 2. The second kappa shape index (κ2) is 14.0. The van der Waals surface area contributed by atoms with Crippen LogP contribution in [0.3, 0.4) is 0 Å². The SMILES string of the molecule is CC1(C)CC(C(=O)OC(=O)C2CC(C)(C)CN2C(=O)c2ccc(N3CC(F)(F)C3)c(OCC3CC3)n2)N(C(=O)c2ccc(N3CC(F)(F)C3)c(OCC3CC3)n2)C1. The first-order chi connectivity index (χ1) is 26.8. The van der Waals surface area contributed by atoms with Crippen molar-refractivity contribution >= 4 is 35.1 Å². The first-order valence-electron chi connectivity index (χ1n) is 19.7. The van der Waals surface area contributed by atoms with Gasteiger partial charge in [0.25, 0.3) is 23.7 Å². The zero-order chi connectivity index (χ0) is 40.7. The van der Waals surface area contributed by atoms with Crippen molar-refractivity contribution in [3.63, 3.8) is 0 Å². The Morgan fingerprint density at radius 2 is 0.982 bits per heavy atom. The van der Waals surface area contributed by atoms with Crippen molar-refractivity contribution in [3.8, 4) is 11.8 Å². The van der Waals surface area contributed by atoms with Crippen LogP contribution in [0.15, 0.2) is 24.3 Å². The summed E-state index contributed by atoms with van der Waals surface area (Å²) in [5, 5.41) is 0. The smallest absolute Gasteiger partial charge is 0.336 e. The van der Waals surface area contributed by atoms with Crippen LogP contribution in [0.5, 0.6) is 11.8 Å². The number of ether oxygens (including phenoxy) is 3. The summed E-state index contributed by atoms with van der Waals surface area (Å²) in [4.78, 5) is 70.2. The number of amides is 2. The number of likely N-dealkylation sites (tertiary alicyclic amines) is 2. The van der Waals surface area contributed by atoms with Gasteiger partial charge in [-0.25, -0.2) is 37.1 Å². The third-order valence-corrected chi connectivity index (χ3v) is 11.5. The molecule has 8 rings (SSSR count). The molecular formula is C40H48F4N6O7. The standard InChI is InChI=1S/C40H48F4N6O7/c1-37(2)13-29(49(17-37)33(51)25-9-11-27(47-19-39(41,42)20-47)31(45-25)55-15-23-5-6-23)35(53)57-36(54)30-14-38(3,4)18-50(30)34(52)26-10-12-28(48-21-40(43,44)22-48)32(46-26)56-16-24-7-8-24/h9-12,23-24,29-30H,5-8,13-22H2,1-4H3. The Hall–Kier alpha value is -4.70. The first kappa shape index (κ1) is 39.1. The molecule has 2 unspecified atom stereocenters. The Bertz CT molecular complexity index is 1820. The molecule has 0 bridgehead atoms. The van der Waals surface area contributed by atoms with Crippen molar-refractivity contribution in [2.45, 2.75) is 90.1 Å². The highest BCUT2D eigenvalue weighted by Gasteiger charge is 2.50. The maximum Gasteiger partial charge on any atom is 0.336 e. The van der Waals surface area contributed by atoms with E-state index >= 15 is 0 Å². The molecule has 6 fully saturated rings. The second-order valence-electron chi connectivity index (χ2n) is 18.3. The van der Waals surface area contributed by atoms with Crippen molar-refractivity contribution in [1.82, 2.24) is 19.8 Å². The van der Waals surface area contributed by atoms with E-state index in [1.54, 1.807) is 0 Å². The lowest BCUT2D eigenvalue weighted by molar-refractivity contribution is -0.165. The van der Waals surface area contributed by atoms with Gasteiger partial charge in [-0.05, 0) is 85.5 Å². The van der Waals surface area contributed by atoms with Crippen LogP contribution in [0.1, 0.15) is 87.2 Å². The Morgan fingerprint density at radius 3 is 1.32 bits per heavy atom. The quantitative estimate of drug-likeness (QED) is 0.159. The summed E-state index contributed by atoms with van der Waals surface area (Å²) >= 11 is 0. The van der Waals surface area contributed by atoms with Gasteiger partial charge in [-0.3, -0.25) is 9.59 Å². The van der Waals surface area contributed by atoms with Gasteiger partial charge >= 0.3 is 11.9 Å². The predicted octanol–water partition coefficient (Wildman–Crippen LogP) is 5.22. The van der Waals surface area contributed by atoms with E-state index in [0.29, 0.717) is 36.4 Å². The molecule has 6 aliphatic rings. The number of halogens is 4. The van der Waals surface area contributed by atoms with Crippen LogP contribution < -0.4 is 19.3 Å². The fourth-order valence-electron chi connectivity index (χ4n) is 8.04. The summed E-state index contributed by atoms with van der Waals surface area (Å²) in [6.45, 7) is 6.49. The van der Waals surface area contributed by atoms with Gasteiger partial charge in [0.15, 0.2) is 0 Å². The molecule has 2 amide bonds. The van der Waals surface area contributed by atoms with E-state index in [4.69, 9.17) is 14.2 Å². The fourth-order valence-corrected chi connectivity index (χ4v) is 8.04. The summed E-state index contributed by atoms with van der Waals surface area (Å²) in [6, 6.07) is 3.58. The summed E-state index contributed by atoms with van der Waals surface area (Å²) < 4.78 is 72.4. The van der Waals surface area contributed by atoms with E-state index in [9.17, 15) is 36.7 Å². The van der Waals surface area contributed by atoms with E-state index in [1.807, 2.05) is 27.7 Å². The van der Waals surface area contributed by atoms with Crippen molar-refractivity contribution in [3.05, 3.63) is 35.7 Å². The number of carbonyl (C=O) groups excluding carboxylic acids is 4. The third-order valence-electron chi connectivity index (χ3n) is 11.5. The van der Waals surface area contributed by atoms with Gasteiger partial charge in [-0.2, -0.15) is 0 Å². The highest BCUT2D eigenvalue weighted by molar-refractivity contribution is 6.00. The number of esters is 2. The first-order valence-corrected chi connectivity index (χ1v) is 19.7. The number of rotatable bonds is 12. The minimum absolute atomic E-state index is 0.0465. The van der Waals surface area contributed by atoms with Gasteiger partial charge in [-0.1, -0.05) is 27.7 Å². The van der Waals surface area contributed by atoms with Crippen LogP contribution >= 0.6 is 0 Å². The van der Waals surface area contributed by atoms with Crippen LogP contribution in [0.2, 0.25) is 0 Å². The molecule has 4 saturated heterocycles. The van der Waals surface area contributed by atoms with E-state index in [-0.39, 0.29) is 49.1 Å². The summed E-state index contributed by atoms with van der Waals surface area (Å²) in [5.74, 6) is -7.99. The van der Waals surface area contributed by atoms with Crippen LogP contribution in [0.25, 0.3) is 0 Å². The molecule has 57 heavy (non-hydrogen) atoms. The molecule has 2 saturated carbocycles. The fraction of sp³-hybridized carbons (Fsp3) is 0.650. The second-order valence-corrected chi connectivity index (χ2v) is 18.3. The number of pyridine rings is 2. The predicted molar refractivity (Wildman–Crippen MR) is 197 cm³/mol. The van der Waals surface area contributed by atoms with Crippen molar-refractivity contribution < 1.29 is 51.0 Å². The molecule has 0 aromatic carbocycles. The van der Waals surface area contributed by atoms with Crippen LogP contribution in [-0.2, 0) is 14.3 Å². The highest BCUT2D eigenvalue weighted by atomic mass is 19.3. The van der Waals surface area contributed by atoms with Gasteiger partial charge in [0.05, 0.1) is 39.4 Å². The van der Waals surface area contributed by atoms with Crippen LogP contribution in [0.4, 0.5) is 28.9 Å². The lowest BCUT2D eigenvalue weighted by Crippen LogP contribution is -2.56. The average Bonchev–Trinajstić information content (AvgIpc) is 4.06. The van der Waals surface area contributed by atoms with Crippen molar-refractivity contribution in [2.24, 2.45) is 22.7 Å². The van der Waals surface area contributed by atoms with Gasteiger partial charge in [0.2, 0.25) is 11.8 Å². The molecule has 2 aromatic heterocycles. The van der Waals surface area contributed by atoms with E-state index < -0.39 is 84.7 Å². The Labute approximate surface area is 328 Å². The lowest BCUT2D eigenvalue weighted by Gasteiger charge is -2.40. The zero-order valence-electron chi connectivity index (χ0n) is 32.6. The third kappa shape index (κ3) is 8.47. The maximum absolute atomic E-state index is 14.1. The number of hydrogen-bond acceptors (Lipinski definition) is 11. The zero-order valence-corrected chi connectivity index (χ0v) is 32.6. The highest BCUT2D eigenvalue weighted by Crippen LogP contribution is 2.42. The van der Waals surface area contributed by atoms with Gasteiger partial charge < -0.3 is 33.8 Å². The topological polar surface area (TPSA) is 135 Å². The van der Waals surface area contributed by atoms with Crippen LogP contribution in [-0.4, -0.2) is 120 Å². The van der Waals surface area contributed by atoms with Crippen molar-refractivity contribution in [2.75, 3.05) is 62.3 Å². The molecule has 2 atom stereocenters. The Balaban J connectivity index is 0.980. The summed E-state index contributed by atoms with van der Waals surface area (Å²) in [5.41, 5.74) is -0.471. The van der Waals surface area contributed by atoms with E-state index in [0.717, 1.165) is 25.7 Å². The van der Waals surface area contributed by atoms with Gasteiger partial charge in [-0.15, -0.1) is 0 Å². The lowest BCUT2D eigenvalue weighted by atomic mass is 9.90.